The molecule has 1 rings (SSSR count). The number of aliphatic hydroxyl groups is 1. The number of nitrogens with one attached hydrogen (secondary N) is 1. The molecule has 0 unspecified atom stereocenters. The fourth-order valence-corrected chi connectivity index (χ4v) is 1.06. The average molecular weight is 130 g/mol. The minimum Gasteiger partial charge on any atom is -0.395 e. The third-order valence-electron chi connectivity index (χ3n) is 1.56. The summed E-state index contributed by atoms with van der Waals surface area (Å²) in [5.41, 5.74) is 3.19. The highest BCUT2D eigenvalue weighted by Gasteiger charge is 2.06. The maximum absolute atomic E-state index is 8.54. The summed E-state index contributed by atoms with van der Waals surface area (Å²) < 4.78 is 0. The average Bonchev–Trinajstić information content (AvgIpc) is 1.91. The Morgan fingerprint density at radius 2 is 2.33 bits per heavy atom. The number of hydrogen-bond acceptors (Lipinski definition) is 3. The number of hydrazine groups is 1. The molecule has 0 radical (unpaired) electrons. The molecule has 0 aromatic heterocycles. The Labute approximate surface area is 55.6 Å². The Morgan fingerprint density at radius 3 is 2.89 bits per heavy atom. The lowest BCUT2D eigenvalue weighted by atomic mass is 10.3. The zero-order valence-corrected chi connectivity index (χ0v) is 5.64. The van der Waals surface area contributed by atoms with E-state index in [0.717, 1.165) is 19.6 Å². The summed E-state index contributed by atoms with van der Waals surface area (Å²) >= 11 is 0. The summed E-state index contributed by atoms with van der Waals surface area (Å²) in [5.74, 6) is 0. The van der Waals surface area contributed by atoms with Crippen LogP contribution in [0.5, 0.6) is 0 Å². The molecule has 1 fully saturated rings. The molecule has 0 atom stereocenters. The molecule has 9 heavy (non-hydrogen) atoms. The lowest BCUT2D eigenvalue weighted by molar-refractivity contribution is 0.119. The molecule has 0 aromatic rings. The minimum atomic E-state index is 0.257. The summed E-state index contributed by atoms with van der Waals surface area (Å²) in [4.78, 5) is 0. The van der Waals surface area contributed by atoms with Crippen molar-refractivity contribution in [2.45, 2.75) is 12.8 Å². The van der Waals surface area contributed by atoms with Crippen LogP contribution in [0.4, 0.5) is 0 Å². The normalized spacial score (nSPS) is 22.3. The molecule has 1 saturated heterocycles. The maximum atomic E-state index is 8.54. The van der Waals surface area contributed by atoms with E-state index in [2.05, 4.69) is 10.4 Å². The lowest BCUT2D eigenvalue weighted by Crippen LogP contribution is -2.44. The van der Waals surface area contributed by atoms with E-state index < -0.39 is 0 Å². The van der Waals surface area contributed by atoms with Gasteiger partial charge in [-0.3, -0.25) is 5.43 Å². The van der Waals surface area contributed by atoms with Crippen molar-refractivity contribution < 1.29 is 5.11 Å². The Hall–Kier alpha value is -0.120. The van der Waals surface area contributed by atoms with Gasteiger partial charge < -0.3 is 5.11 Å². The molecule has 1 aliphatic heterocycles. The van der Waals surface area contributed by atoms with Gasteiger partial charge in [-0.25, -0.2) is 5.01 Å². The zero-order valence-electron chi connectivity index (χ0n) is 5.64. The summed E-state index contributed by atoms with van der Waals surface area (Å²) in [5, 5.41) is 10.6. The monoisotopic (exact) mass is 130 g/mol. The van der Waals surface area contributed by atoms with Gasteiger partial charge in [0.15, 0.2) is 0 Å². The number of rotatable bonds is 2. The van der Waals surface area contributed by atoms with Gasteiger partial charge in [-0.15, -0.1) is 0 Å². The topological polar surface area (TPSA) is 35.5 Å². The quantitative estimate of drug-likeness (QED) is 0.533. The van der Waals surface area contributed by atoms with Crippen LogP contribution in [0.1, 0.15) is 12.8 Å². The molecule has 0 aliphatic carbocycles. The van der Waals surface area contributed by atoms with Gasteiger partial charge in [0.1, 0.15) is 0 Å². The predicted molar refractivity (Wildman–Crippen MR) is 35.9 cm³/mol. The molecular formula is C6H14N2O. The van der Waals surface area contributed by atoms with Crippen molar-refractivity contribution in [2.75, 3.05) is 26.2 Å². The van der Waals surface area contributed by atoms with Crippen molar-refractivity contribution in [3.8, 4) is 0 Å². The van der Waals surface area contributed by atoms with Crippen LogP contribution in [0.3, 0.4) is 0 Å². The van der Waals surface area contributed by atoms with Gasteiger partial charge >= 0.3 is 0 Å². The highest BCUT2D eigenvalue weighted by molar-refractivity contribution is 4.58. The van der Waals surface area contributed by atoms with E-state index in [1.807, 2.05) is 0 Å². The third-order valence-corrected chi connectivity index (χ3v) is 1.56. The standard InChI is InChI=1S/C6H14N2O/c9-6-5-8-4-2-1-3-7-8/h7,9H,1-6H2. The van der Waals surface area contributed by atoms with Gasteiger partial charge in [0.25, 0.3) is 0 Å². The zero-order chi connectivity index (χ0) is 6.53. The van der Waals surface area contributed by atoms with Gasteiger partial charge in [-0.2, -0.15) is 0 Å². The maximum Gasteiger partial charge on any atom is 0.0572 e. The van der Waals surface area contributed by atoms with Crippen LogP contribution in [0.25, 0.3) is 0 Å². The van der Waals surface area contributed by atoms with Crippen LogP contribution in [-0.4, -0.2) is 36.4 Å². The minimum absolute atomic E-state index is 0.257. The van der Waals surface area contributed by atoms with E-state index in [9.17, 15) is 0 Å². The Bertz CT molecular complexity index is 68.7. The SMILES string of the molecule is OCCN1CCCCN1. The number of β-amino-alcohol motifs (C(OH)–C–C–N with tert-alkyl or cyclic N) is 1. The number of nitrogens with zero attached hydrogens (tertiary/aromatic N) is 1. The van der Waals surface area contributed by atoms with E-state index in [1.165, 1.54) is 12.8 Å². The highest BCUT2D eigenvalue weighted by atomic mass is 16.3. The Morgan fingerprint density at radius 1 is 1.44 bits per heavy atom. The van der Waals surface area contributed by atoms with Crippen molar-refractivity contribution in [2.24, 2.45) is 0 Å². The molecule has 2 N–H and O–H groups in total. The van der Waals surface area contributed by atoms with E-state index in [1.54, 1.807) is 0 Å². The first-order valence-corrected chi connectivity index (χ1v) is 3.53. The molecule has 1 aliphatic rings. The lowest BCUT2D eigenvalue weighted by Gasteiger charge is -2.26. The van der Waals surface area contributed by atoms with Crippen LogP contribution in [-0.2, 0) is 0 Å². The van der Waals surface area contributed by atoms with E-state index in [-0.39, 0.29) is 6.61 Å². The first kappa shape index (κ1) is 6.99. The van der Waals surface area contributed by atoms with Crippen molar-refractivity contribution >= 4 is 0 Å². The summed E-state index contributed by atoms with van der Waals surface area (Å²) in [6.07, 6.45) is 2.52. The molecule has 3 nitrogen and oxygen atoms in total. The molecule has 3 heteroatoms. The van der Waals surface area contributed by atoms with Crippen LogP contribution < -0.4 is 5.43 Å². The van der Waals surface area contributed by atoms with Crippen LogP contribution in [0.15, 0.2) is 0 Å². The molecule has 0 spiro atoms. The highest BCUT2D eigenvalue weighted by Crippen LogP contribution is 1.97. The fraction of sp³-hybridized carbons (Fsp3) is 1.00. The van der Waals surface area contributed by atoms with Crippen molar-refractivity contribution in [3.05, 3.63) is 0 Å². The Balaban J connectivity index is 2.08. The number of hydrogen-bond donors (Lipinski definition) is 2. The second kappa shape index (κ2) is 3.82. The van der Waals surface area contributed by atoms with Crippen LogP contribution in [0, 0.1) is 0 Å². The molecule has 0 aromatic carbocycles. The van der Waals surface area contributed by atoms with Crippen molar-refractivity contribution in [3.63, 3.8) is 0 Å². The summed E-state index contributed by atoms with van der Waals surface area (Å²) in [6, 6.07) is 0. The Kier molecular flexibility index (Phi) is 2.97. The van der Waals surface area contributed by atoms with Crippen molar-refractivity contribution in [1.82, 2.24) is 10.4 Å². The smallest absolute Gasteiger partial charge is 0.0572 e. The van der Waals surface area contributed by atoms with E-state index in [0.29, 0.717) is 0 Å². The van der Waals surface area contributed by atoms with Gasteiger partial charge in [0, 0.05) is 19.6 Å². The number of aliphatic hydroxyl groups excluding tert-OH is 1. The summed E-state index contributed by atoms with van der Waals surface area (Å²) in [6.45, 7) is 3.17. The van der Waals surface area contributed by atoms with Crippen LogP contribution >= 0.6 is 0 Å². The van der Waals surface area contributed by atoms with E-state index >= 15 is 0 Å². The van der Waals surface area contributed by atoms with Gasteiger partial charge in [0.05, 0.1) is 6.61 Å². The largest absolute Gasteiger partial charge is 0.395 e. The van der Waals surface area contributed by atoms with Crippen molar-refractivity contribution in [1.29, 1.82) is 0 Å². The predicted octanol–water partition coefficient (Wildman–Crippen LogP) is -0.421. The molecular weight excluding hydrogens is 116 g/mol. The fourth-order valence-electron chi connectivity index (χ4n) is 1.06. The molecule has 1 heterocycles. The third kappa shape index (κ3) is 2.30. The molecule has 0 bridgehead atoms. The van der Waals surface area contributed by atoms with E-state index in [4.69, 9.17) is 5.11 Å². The van der Waals surface area contributed by atoms with Gasteiger partial charge in [-0.1, -0.05) is 0 Å². The molecule has 54 valence electrons. The first-order valence-electron chi connectivity index (χ1n) is 3.53. The van der Waals surface area contributed by atoms with Gasteiger partial charge in [0.2, 0.25) is 0 Å². The van der Waals surface area contributed by atoms with Gasteiger partial charge in [-0.05, 0) is 12.8 Å². The second-order valence-corrected chi connectivity index (χ2v) is 2.33. The second-order valence-electron chi connectivity index (χ2n) is 2.33. The first-order chi connectivity index (χ1) is 4.43. The molecule has 0 amide bonds. The van der Waals surface area contributed by atoms with Crippen LogP contribution in [0.2, 0.25) is 0 Å². The summed E-state index contributed by atoms with van der Waals surface area (Å²) in [7, 11) is 0. The molecule has 0 saturated carbocycles.